The van der Waals surface area contributed by atoms with Gasteiger partial charge in [0, 0.05) is 19.5 Å². The molecule has 1 saturated heterocycles. The van der Waals surface area contributed by atoms with Crippen molar-refractivity contribution in [3.8, 4) is 11.5 Å². The third kappa shape index (κ3) is 4.65. The Morgan fingerprint density at radius 2 is 1.85 bits per heavy atom. The molecular formula is C19H24ClNO6. The van der Waals surface area contributed by atoms with Crippen molar-refractivity contribution in [3.05, 3.63) is 22.7 Å². The van der Waals surface area contributed by atoms with E-state index in [-0.39, 0.29) is 28.7 Å². The van der Waals surface area contributed by atoms with E-state index in [4.69, 9.17) is 30.5 Å². The van der Waals surface area contributed by atoms with Crippen LogP contribution in [-0.2, 0) is 14.3 Å². The molecule has 0 radical (unpaired) electrons. The van der Waals surface area contributed by atoms with Gasteiger partial charge in [-0.15, -0.1) is 0 Å². The summed E-state index contributed by atoms with van der Waals surface area (Å²) in [6.45, 7) is 7.30. The molecule has 3 atom stereocenters. The van der Waals surface area contributed by atoms with Crippen molar-refractivity contribution in [2.24, 2.45) is 0 Å². The van der Waals surface area contributed by atoms with Crippen LogP contribution in [0.1, 0.15) is 37.6 Å². The molecule has 2 heterocycles. The number of hydrogen-bond donors (Lipinski definition) is 0. The Morgan fingerprint density at radius 3 is 2.56 bits per heavy atom. The number of esters is 1. The molecule has 148 valence electrons. The maximum Gasteiger partial charge on any atom is 0.339 e. The lowest BCUT2D eigenvalue weighted by molar-refractivity contribution is -0.151. The van der Waals surface area contributed by atoms with Crippen LogP contribution in [0.25, 0.3) is 0 Å². The van der Waals surface area contributed by atoms with Gasteiger partial charge in [0.25, 0.3) is 5.91 Å². The van der Waals surface area contributed by atoms with E-state index in [1.807, 2.05) is 13.8 Å². The van der Waals surface area contributed by atoms with Gasteiger partial charge in [-0.1, -0.05) is 11.6 Å². The lowest BCUT2D eigenvalue weighted by Gasteiger charge is -2.36. The molecule has 1 aromatic carbocycles. The van der Waals surface area contributed by atoms with Gasteiger partial charge in [0.05, 0.1) is 36.0 Å². The molecule has 0 aromatic heterocycles. The third-order valence-corrected chi connectivity index (χ3v) is 4.68. The Labute approximate surface area is 163 Å². The second-order valence-electron chi connectivity index (χ2n) is 6.88. The van der Waals surface area contributed by atoms with Crippen molar-refractivity contribution >= 4 is 23.5 Å². The van der Waals surface area contributed by atoms with E-state index in [1.165, 1.54) is 12.1 Å². The van der Waals surface area contributed by atoms with Crippen LogP contribution in [0.2, 0.25) is 5.02 Å². The Bertz CT molecular complexity index is 714. The van der Waals surface area contributed by atoms with Gasteiger partial charge < -0.3 is 23.8 Å². The van der Waals surface area contributed by atoms with E-state index in [0.29, 0.717) is 37.8 Å². The van der Waals surface area contributed by atoms with Gasteiger partial charge in [-0.2, -0.15) is 0 Å². The molecule has 0 aliphatic carbocycles. The predicted octanol–water partition coefficient (Wildman–Crippen LogP) is 2.68. The fourth-order valence-electron chi connectivity index (χ4n) is 3.24. The second-order valence-corrected chi connectivity index (χ2v) is 7.29. The summed E-state index contributed by atoms with van der Waals surface area (Å²) < 4.78 is 22.1. The molecule has 0 spiro atoms. The molecule has 27 heavy (non-hydrogen) atoms. The fourth-order valence-corrected chi connectivity index (χ4v) is 3.51. The van der Waals surface area contributed by atoms with E-state index in [0.717, 1.165) is 6.42 Å². The number of benzene rings is 1. The first kappa shape index (κ1) is 19.8. The Hall–Kier alpha value is -1.99. The first-order valence-electron chi connectivity index (χ1n) is 9.09. The Morgan fingerprint density at radius 1 is 1.19 bits per heavy atom. The molecule has 8 heteroatoms. The first-order chi connectivity index (χ1) is 12.8. The topological polar surface area (TPSA) is 74.3 Å². The summed E-state index contributed by atoms with van der Waals surface area (Å²) in [6.07, 6.45) is -0.292. The maximum atomic E-state index is 12.6. The molecule has 3 rings (SSSR count). The van der Waals surface area contributed by atoms with Crippen LogP contribution < -0.4 is 9.47 Å². The summed E-state index contributed by atoms with van der Waals surface area (Å²) >= 11 is 6.22. The number of amides is 1. The molecule has 0 N–H and O–H groups in total. The normalized spacial score (nSPS) is 23.3. The molecule has 1 aromatic rings. The summed E-state index contributed by atoms with van der Waals surface area (Å²) in [4.78, 5) is 26.8. The lowest BCUT2D eigenvalue weighted by Crippen LogP contribution is -2.51. The van der Waals surface area contributed by atoms with Crippen molar-refractivity contribution in [1.29, 1.82) is 0 Å². The van der Waals surface area contributed by atoms with E-state index in [1.54, 1.807) is 11.8 Å². The van der Waals surface area contributed by atoms with E-state index >= 15 is 0 Å². The summed E-state index contributed by atoms with van der Waals surface area (Å²) in [7, 11) is 0. The van der Waals surface area contributed by atoms with Crippen LogP contribution in [0, 0.1) is 0 Å². The maximum absolute atomic E-state index is 12.6. The summed E-state index contributed by atoms with van der Waals surface area (Å²) in [5.41, 5.74) is 0.215. The smallest absolute Gasteiger partial charge is 0.339 e. The van der Waals surface area contributed by atoms with Gasteiger partial charge in [0.1, 0.15) is 0 Å². The minimum atomic E-state index is -0.912. The SMILES string of the molecule is C[C@@H]1CN(C(=O)[C@@H](C)OC(=O)c2cc(Cl)c3c(c2)OCCCO3)C[C@@H](C)O1. The Balaban J connectivity index is 1.68. The van der Waals surface area contributed by atoms with Crippen molar-refractivity contribution in [1.82, 2.24) is 4.90 Å². The van der Waals surface area contributed by atoms with Gasteiger partial charge in [-0.05, 0) is 32.9 Å². The molecule has 1 fully saturated rings. The monoisotopic (exact) mass is 397 g/mol. The molecule has 2 aliphatic heterocycles. The van der Waals surface area contributed by atoms with Crippen LogP contribution in [0.15, 0.2) is 12.1 Å². The summed E-state index contributed by atoms with van der Waals surface area (Å²) in [5, 5.41) is 0.274. The molecule has 0 saturated carbocycles. The molecule has 2 aliphatic rings. The second kappa shape index (κ2) is 8.35. The quantitative estimate of drug-likeness (QED) is 0.730. The Kier molecular flexibility index (Phi) is 6.11. The lowest BCUT2D eigenvalue weighted by atomic mass is 10.2. The van der Waals surface area contributed by atoms with Crippen molar-refractivity contribution in [3.63, 3.8) is 0 Å². The van der Waals surface area contributed by atoms with Gasteiger partial charge >= 0.3 is 5.97 Å². The van der Waals surface area contributed by atoms with Gasteiger partial charge in [-0.3, -0.25) is 4.79 Å². The number of morpholine rings is 1. The van der Waals surface area contributed by atoms with E-state index in [9.17, 15) is 9.59 Å². The molecular weight excluding hydrogens is 374 g/mol. The number of hydrogen-bond acceptors (Lipinski definition) is 6. The number of carbonyl (C=O) groups excluding carboxylic acids is 2. The van der Waals surface area contributed by atoms with E-state index < -0.39 is 12.1 Å². The highest BCUT2D eigenvalue weighted by molar-refractivity contribution is 6.32. The van der Waals surface area contributed by atoms with E-state index in [2.05, 4.69) is 0 Å². The van der Waals surface area contributed by atoms with Gasteiger partial charge in [0.2, 0.25) is 0 Å². The highest BCUT2D eigenvalue weighted by Gasteiger charge is 2.31. The van der Waals surface area contributed by atoms with Crippen molar-refractivity contribution in [2.75, 3.05) is 26.3 Å². The van der Waals surface area contributed by atoms with Crippen LogP contribution in [0.4, 0.5) is 0 Å². The zero-order valence-electron chi connectivity index (χ0n) is 15.7. The van der Waals surface area contributed by atoms with Crippen molar-refractivity contribution < 1.29 is 28.5 Å². The number of rotatable bonds is 3. The zero-order valence-corrected chi connectivity index (χ0v) is 16.5. The average Bonchev–Trinajstić information content (AvgIpc) is 2.85. The molecule has 0 bridgehead atoms. The summed E-state index contributed by atoms with van der Waals surface area (Å²) in [5.74, 6) is -0.0542. The molecule has 1 amide bonds. The van der Waals surface area contributed by atoms with Gasteiger partial charge in [-0.25, -0.2) is 4.79 Å². The van der Waals surface area contributed by atoms with Crippen LogP contribution in [0.5, 0.6) is 11.5 Å². The average molecular weight is 398 g/mol. The largest absolute Gasteiger partial charge is 0.489 e. The van der Waals surface area contributed by atoms with Gasteiger partial charge in [0.15, 0.2) is 17.6 Å². The minimum absolute atomic E-state index is 0.0545. The fraction of sp³-hybridized carbons (Fsp3) is 0.579. The van der Waals surface area contributed by atoms with Crippen molar-refractivity contribution in [2.45, 2.75) is 45.5 Å². The third-order valence-electron chi connectivity index (χ3n) is 4.40. The number of nitrogens with zero attached hydrogens (tertiary/aromatic N) is 1. The number of fused-ring (bicyclic) bond motifs is 1. The molecule has 7 nitrogen and oxygen atoms in total. The minimum Gasteiger partial charge on any atom is -0.489 e. The van der Waals surface area contributed by atoms with Crippen LogP contribution in [-0.4, -0.2) is 61.4 Å². The predicted molar refractivity (Wildman–Crippen MR) is 98.5 cm³/mol. The number of ether oxygens (including phenoxy) is 4. The summed E-state index contributed by atoms with van der Waals surface area (Å²) in [6, 6.07) is 3.00. The van der Waals surface area contributed by atoms with Crippen LogP contribution >= 0.6 is 11.6 Å². The first-order valence-corrected chi connectivity index (χ1v) is 9.47. The highest BCUT2D eigenvalue weighted by atomic mass is 35.5. The molecule has 0 unspecified atom stereocenters. The number of halogens is 1. The van der Waals surface area contributed by atoms with Crippen LogP contribution in [0.3, 0.4) is 0 Å². The standard InChI is InChI=1S/C19H24ClNO6/c1-11-9-21(10-12(2)26-11)18(22)13(3)27-19(23)14-7-15(20)17-16(8-14)24-5-4-6-25-17/h7-8,11-13H,4-6,9-10H2,1-3H3/t11-,12-,13-/m1/s1. The zero-order chi connectivity index (χ0) is 19.6. The highest BCUT2D eigenvalue weighted by Crippen LogP contribution is 2.38. The number of carbonyl (C=O) groups is 2.